The molecule has 30 heavy (non-hydrogen) atoms. The van der Waals surface area contributed by atoms with Gasteiger partial charge in [-0.1, -0.05) is 145 Å². The first-order valence-corrected chi connectivity index (χ1v) is 15.1. The second-order valence-corrected chi connectivity index (χ2v) is 11.2. The summed E-state index contributed by atoms with van der Waals surface area (Å²) in [5.41, 5.74) is 0. The lowest BCUT2D eigenvalue weighted by atomic mass is 10.0. The van der Waals surface area contributed by atoms with Gasteiger partial charge in [-0.2, -0.15) is 0 Å². The van der Waals surface area contributed by atoms with Crippen LogP contribution in [-0.2, 0) is 0 Å². The summed E-state index contributed by atoms with van der Waals surface area (Å²) in [5, 5.41) is 9.84. The molecule has 2 nitrogen and oxygen atoms in total. The number of quaternary nitrogens is 1. The Kier molecular flexibility index (Phi) is 23.3. The van der Waals surface area contributed by atoms with E-state index in [2.05, 4.69) is 43.6 Å². The van der Waals surface area contributed by atoms with Gasteiger partial charge < -0.3 is 9.59 Å². The first-order valence-electron chi connectivity index (χ1n) is 13.6. The highest BCUT2D eigenvalue weighted by Gasteiger charge is 2.18. The van der Waals surface area contributed by atoms with Crippen LogP contribution in [0.25, 0.3) is 0 Å². The van der Waals surface area contributed by atoms with Crippen molar-refractivity contribution >= 4 is 22.6 Å². The van der Waals surface area contributed by atoms with Crippen molar-refractivity contribution in [1.29, 1.82) is 0 Å². The fourth-order valence-corrected chi connectivity index (χ4v) is 4.78. The first kappa shape index (κ1) is 30.6. The molecule has 0 fully saturated rings. The largest absolute Gasteiger partial charge is 0.386 e. The topological polar surface area (TPSA) is 20.2 Å². The molecule has 0 aromatic carbocycles. The van der Waals surface area contributed by atoms with E-state index in [1.165, 1.54) is 135 Å². The van der Waals surface area contributed by atoms with E-state index in [-0.39, 0.29) is 6.10 Å². The molecule has 0 radical (unpaired) electrons. The fraction of sp³-hybridized carbons (Fsp3) is 1.00. The molecule has 0 saturated heterocycles. The zero-order valence-electron chi connectivity index (χ0n) is 21.1. The highest BCUT2D eigenvalue weighted by Crippen LogP contribution is 2.15. The van der Waals surface area contributed by atoms with Crippen molar-refractivity contribution < 1.29 is 9.59 Å². The van der Waals surface area contributed by atoms with Crippen molar-refractivity contribution in [1.82, 2.24) is 0 Å². The Morgan fingerprint density at radius 1 is 0.567 bits per heavy atom. The number of aliphatic hydroxyl groups excluding tert-OH is 1. The van der Waals surface area contributed by atoms with Crippen LogP contribution in [0.3, 0.4) is 0 Å². The van der Waals surface area contributed by atoms with Crippen LogP contribution < -0.4 is 0 Å². The molecule has 1 unspecified atom stereocenters. The van der Waals surface area contributed by atoms with Gasteiger partial charge in [-0.05, 0) is 12.8 Å². The Hall–Kier alpha value is 0.650. The number of rotatable bonds is 24. The summed E-state index contributed by atoms with van der Waals surface area (Å²) >= 11 is 2.28. The van der Waals surface area contributed by atoms with Crippen LogP contribution >= 0.6 is 22.6 Å². The van der Waals surface area contributed by atoms with Crippen LogP contribution in [0.2, 0.25) is 0 Å². The van der Waals surface area contributed by atoms with Gasteiger partial charge in [0, 0.05) is 4.43 Å². The number of hydrogen-bond donors (Lipinski definition) is 1. The van der Waals surface area contributed by atoms with Crippen LogP contribution in [0.4, 0.5) is 0 Å². The van der Waals surface area contributed by atoms with Gasteiger partial charge in [0.15, 0.2) is 0 Å². The van der Waals surface area contributed by atoms with Gasteiger partial charge >= 0.3 is 0 Å². The third-order valence-corrected chi connectivity index (χ3v) is 7.52. The minimum atomic E-state index is -0.147. The minimum Gasteiger partial charge on any atom is -0.386 e. The van der Waals surface area contributed by atoms with Crippen molar-refractivity contribution in [2.24, 2.45) is 0 Å². The lowest BCUT2D eigenvalue weighted by Gasteiger charge is -2.31. The van der Waals surface area contributed by atoms with Gasteiger partial charge in [0.05, 0.1) is 20.6 Å². The van der Waals surface area contributed by atoms with Gasteiger partial charge in [-0.15, -0.1) is 0 Å². The number of aliphatic hydroxyl groups is 1. The number of hydrogen-bond acceptors (Lipinski definition) is 1. The predicted octanol–water partition coefficient (Wildman–Crippen LogP) is 8.68. The minimum absolute atomic E-state index is 0.147. The van der Waals surface area contributed by atoms with E-state index >= 15 is 0 Å². The maximum absolute atomic E-state index is 9.84. The molecule has 0 aromatic rings. The van der Waals surface area contributed by atoms with Crippen LogP contribution in [0.15, 0.2) is 0 Å². The molecule has 0 amide bonds. The third kappa shape index (κ3) is 23.3. The summed E-state index contributed by atoms with van der Waals surface area (Å²) in [6, 6.07) is 0. The van der Waals surface area contributed by atoms with E-state index in [0.717, 1.165) is 15.5 Å². The number of halogens is 1. The average molecular weight is 539 g/mol. The Morgan fingerprint density at radius 2 is 0.867 bits per heavy atom. The Bertz CT molecular complexity index is 335. The van der Waals surface area contributed by atoms with Gasteiger partial charge in [-0.25, -0.2) is 0 Å². The summed E-state index contributed by atoms with van der Waals surface area (Å²) in [4.78, 5) is 0. The molecule has 1 atom stereocenters. The smallest absolute Gasteiger partial charge is 0.112 e. The summed E-state index contributed by atoms with van der Waals surface area (Å²) in [5.74, 6) is 0. The molecule has 1 N–H and O–H groups in total. The van der Waals surface area contributed by atoms with E-state index in [4.69, 9.17) is 0 Å². The van der Waals surface area contributed by atoms with Gasteiger partial charge in [0.2, 0.25) is 0 Å². The van der Waals surface area contributed by atoms with Crippen molar-refractivity contribution in [3.05, 3.63) is 0 Å². The molecule has 0 heterocycles. The van der Waals surface area contributed by atoms with Crippen molar-refractivity contribution in [3.8, 4) is 0 Å². The third-order valence-electron chi connectivity index (χ3n) is 6.50. The standard InChI is InChI=1S/C27H57INO/c1-4-5-6-7-8-9-10-11-12-13-14-15-16-17-18-19-20-21-22-23-24-29(2,3)26-27(30)25-28/h27,30H,4-26H2,1-3H3/q+1. The molecule has 0 saturated carbocycles. The highest BCUT2D eigenvalue weighted by atomic mass is 127. The predicted molar refractivity (Wildman–Crippen MR) is 145 cm³/mol. The number of unbranched alkanes of at least 4 members (excludes halogenated alkanes) is 19. The highest BCUT2D eigenvalue weighted by molar-refractivity contribution is 14.1. The summed E-state index contributed by atoms with van der Waals surface area (Å²) in [6.45, 7) is 4.39. The van der Waals surface area contributed by atoms with Crippen molar-refractivity contribution in [2.75, 3.05) is 31.6 Å². The van der Waals surface area contributed by atoms with E-state index in [1.54, 1.807) is 0 Å². The van der Waals surface area contributed by atoms with Crippen molar-refractivity contribution in [3.63, 3.8) is 0 Å². The fourth-order valence-electron chi connectivity index (χ4n) is 4.51. The molecule has 0 aliphatic heterocycles. The molecule has 0 bridgehead atoms. The molecular formula is C27H57INO+. The average Bonchev–Trinajstić information content (AvgIpc) is 2.71. The van der Waals surface area contributed by atoms with E-state index in [9.17, 15) is 5.11 Å². The molecule has 0 aliphatic rings. The molecular weight excluding hydrogens is 481 g/mol. The zero-order valence-corrected chi connectivity index (χ0v) is 23.3. The molecule has 0 rings (SSSR count). The second kappa shape index (κ2) is 22.8. The van der Waals surface area contributed by atoms with Crippen molar-refractivity contribution in [2.45, 2.75) is 141 Å². The summed E-state index contributed by atoms with van der Waals surface area (Å²) < 4.78 is 1.81. The van der Waals surface area contributed by atoms with E-state index in [1.807, 2.05) is 0 Å². The SMILES string of the molecule is CCCCCCCCCCCCCCCCCCCCCC[N+](C)(C)CC(O)CI. The Labute approximate surface area is 204 Å². The van der Waals surface area contributed by atoms with Gasteiger partial charge in [0.25, 0.3) is 0 Å². The van der Waals surface area contributed by atoms with E-state index < -0.39 is 0 Å². The number of likely N-dealkylation sites (N-methyl/N-ethyl adjacent to an activating group) is 1. The Balaban J connectivity index is 3.18. The Morgan fingerprint density at radius 3 is 1.17 bits per heavy atom. The first-order chi connectivity index (χ1) is 14.5. The lowest BCUT2D eigenvalue weighted by molar-refractivity contribution is -0.893. The number of nitrogens with zero attached hydrogens (tertiary/aromatic N) is 1. The zero-order chi connectivity index (χ0) is 22.3. The maximum Gasteiger partial charge on any atom is 0.112 e. The normalized spacial score (nSPS) is 13.1. The molecule has 0 aliphatic carbocycles. The lowest BCUT2D eigenvalue weighted by Crippen LogP contribution is -2.46. The van der Waals surface area contributed by atoms with Gasteiger partial charge in [-0.3, -0.25) is 0 Å². The molecule has 3 heteroatoms. The summed E-state index contributed by atoms with van der Waals surface area (Å²) in [6.07, 6.45) is 28.6. The quantitative estimate of drug-likeness (QED) is 0.0564. The van der Waals surface area contributed by atoms with Crippen LogP contribution in [0, 0.1) is 0 Å². The van der Waals surface area contributed by atoms with Crippen LogP contribution in [0.1, 0.15) is 135 Å². The number of alkyl halides is 1. The van der Waals surface area contributed by atoms with Gasteiger partial charge in [0.1, 0.15) is 12.6 Å². The van der Waals surface area contributed by atoms with Crippen LogP contribution in [0.5, 0.6) is 0 Å². The monoisotopic (exact) mass is 538 g/mol. The summed E-state index contributed by atoms with van der Waals surface area (Å²) in [7, 11) is 4.51. The molecule has 0 spiro atoms. The van der Waals surface area contributed by atoms with E-state index in [0.29, 0.717) is 0 Å². The molecule has 0 aromatic heterocycles. The molecule has 182 valence electrons. The maximum atomic E-state index is 9.84. The van der Waals surface area contributed by atoms with Crippen LogP contribution in [-0.4, -0.2) is 47.3 Å². The second-order valence-electron chi connectivity index (χ2n) is 10.4.